The molecule has 134 valence electrons. The first-order chi connectivity index (χ1) is 12.5. The molecule has 2 N–H and O–H groups in total. The zero-order chi connectivity index (χ0) is 18.7. The van der Waals surface area contributed by atoms with Gasteiger partial charge in [0, 0.05) is 19.2 Å². The van der Waals surface area contributed by atoms with Crippen molar-refractivity contribution >= 4 is 22.8 Å². The summed E-state index contributed by atoms with van der Waals surface area (Å²) in [5, 5.41) is 10.4. The number of aromatic nitrogens is 3. The average molecular weight is 351 g/mol. The van der Waals surface area contributed by atoms with Gasteiger partial charge >= 0.3 is 0 Å². The Morgan fingerprint density at radius 2 is 1.88 bits per heavy atom. The fraction of sp³-hybridized carbons (Fsp3) is 0.263. The van der Waals surface area contributed by atoms with Crippen LogP contribution in [0.25, 0.3) is 22.3 Å². The number of aryl methyl sites for hydroxylation is 2. The lowest BCUT2D eigenvalue weighted by atomic mass is 10.0. The molecule has 0 spiro atoms. The molecule has 0 aliphatic heterocycles. The molecule has 0 saturated heterocycles. The average Bonchev–Trinajstić information content (AvgIpc) is 2.94. The minimum atomic E-state index is -0.322. The molecule has 2 amide bonds. The van der Waals surface area contributed by atoms with Gasteiger partial charge in [0.2, 0.25) is 5.91 Å². The number of rotatable bonds is 5. The topological polar surface area (TPSA) is 88.9 Å². The van der Waals surface area contributed by atoms with E-state index < -0.39 is 0 Å². The van der Waals surface area contributed by atoms with E-state index in [1.165, 1.54) is 0 Å². The van der Waals surface area contributed by atoms with Crippen LogP contribution in [0.2, 0.25) is 0 Å². The fourth-order valence-electron chi connectivity index (χ4n) is 2.90. The molecule has 0 atom stereocenters. The first-order valence-corrected chi connectivity index (χ1v) is 8.46. The molecule has 0 fully saturated rings. The standard InChI is InChI=1S/C19H21N5O2/c1-4-20-16(25)11-21-19(26)14-10-15(13-8-6-5-7-9-13)22-18-17(14)12(2)23-24(18)3/h5-10H,4,11H2,1-3H3,(H,20,25)(H,21,26). The number of amides is 2. The van der Waals surface area contributed by atoms with Gasteiger partial charge in [0.1, 0.15) is 0 Å². The minimum absolute atomic E-state index is 0.0729. The molecule has 3 rings (SSSR count). The highest BCUT2D eigenvalue weighted by Crippen LogP contribution is 2.26. The minimum Gasteiger partial charge on any atom is -0.355 e. The predicted molar refractivity (Wildman–Crippen MR) is 99.7 cm³/mol. The Bertz CT molecular complexity index is 963. The quantitative estimate of drug-likeness (QED) is 0.734. The molecule has 0 saturated carbocycles. The van der Waals surface area contributed by atoms with Gasteiger partial charge in [-0.1, -0.05) is 30.3 Å². The van der Waals surface area contributed by atoms with Crippen LogP contribution in [0.15, 0.2) is 36.4 Å². The molecule has 0 radical (unpaired) electrons. The Balaban J connectivity index is 2.05. The third-order valence-electron chi connectivity index (χ3n) is 4.07. The highest BCUT2D eigenvalue weighted by Gasteiger charge is 2.19. The summed E-state index contributed by atoms with van der Waals surface area (Å²) in [6, 6.07) is 11.4. The van der Waals surface area contributed by atoms with Gasteiger partial charge in [0.15, 0.2) is 5.65 Å². The van der Waals surface area contributed by atoms with E-state index in [1.54, 1.807) is 17.8 Å². The van der Waals surface area contributed by atoms with E-state index in [4.69, 9.17) is 0 Å². The lowest BCUT2D eigenvalue weighted by Crippen LogP contribution is -2.36. The van der Waals surface area contributed by atoms with Crippen LogP contribution in [0.5, 0.6) is 0 Å². The van der Waals surface area contributed by atoms with Crippen molar-refractivity contribution in [2.75, 3.05) is 13.1 Å². The van der Waals surface area contributed by atoms with Crippen molar-refractivity contribution in [1.29, 1.82) is 0 Å². The molecule has 0 unspecified atom stereocenters. The molecule has 2 heterocycles. The summed E-state index contributed by atoms with van der Waals surface area (Å²) >= 11 is 0. The number of pyridine rings is 1. The van der Waals surface area contributed by atoms with E-state index in [0.717, 1.165) is 11.3 Å². The summed E-state index contributed by atoms with van der Waals surface area (Å²) in [5.41, 5.74) is 3.41. The Kier molecular flexibility index (Phi) is 4.97. The smallest absolute Gasteiger partial charge is 0.252 e. The maximum atomic E-state index is 12.8. The van der Waals surface area contributed by atoms with Crippen LogP contribution in [0.1, 0.15) is 23.0 Å². The molecule has 26 heavy (non-hydrogen) atoms. The number of hydrogen-bond donors (Lipinski definition) is 2. The molecule has 2 aromatic heterocycles. The van der Waals surface area contributed by atoms with Crippen molar-refractivity contribution in [1.82, 2.24) is 25.4 Å². The largest absolute Gasteiger partial charge is 0.355 e. The number of fused-ring (bicyclic) bond motifs is 1. The molecule has 7 heteroatoms. The molecule has 0 aliphatic carbocycles. The van der Waals surface area contributed by atoms with Crippen LogP contribution < -0.4 is 10.6 Å². The van der Waals surface area contributed by atoms with Gasteiger partial charge in [-0.05, 0) is 19.9 Å². The van der Waals surface area contributed by atoms with Crippen molar-refractivity contribution < 1.29 is 9.59 Å². The molecule has 7 nitrogen and oxygen atoms in total. The van der Waals surface area contributed by atoms with E-state index in [-0.39, 0.29) is 18.4 Å². The monoisotopic (exact) mass is 351 g/mol. The summed E-state index contributed by atoms with van der Waals surface area (Å²) in [7, 11) is 1.80. The number of likely N-dealkylation sites (N-methyl/N-ethyl adjacent to an activating group) is 1. The lowest BCUT2D eigenvalue weighted by Gasteiger charge is -2.09. The molecule has 0 bridgehead atoms. The van der Waals surface area contributed by atoms with Gasteiger partial charge in [-0.3, -0.25) is 14.3 Å². The summed E-state index contributed by atoms with van der Waals surface area (Å²) < 4.78 is 1.66. The number of carbonyl (C=O) groups is 2. The zero-order valence-corrected chi connectivity index (χ0v) is 15.0. The van der Waals surface area contributed by atoms with Crippen LogP contribution in [0.3, 0.4) is 0 Å². The molecule has 1 aromatic carbocycles. The summed E-state index contributed by atoms with van der Waals surface area (Å²) in [6.45, 7) is 4.12. The van der Waals surface area contributed by atoms with E-state index in [9.17, 15) is 9.59 Å². The number of nitrogens with one attached hydrogen (secondary N) is 2. The van der Waals surface area contributed by atoms with Gasteiger partial charge in [0.25, 0.3) is 5.91 Å². The normalized spacial score (nSPS) is 10.7. The number of carbonyl (C=O) groups excluding carboxylic acids is 2. The van der Waals surface area contributed by atoms with Crippen molar-refractivity contribution in [2.45, 2.75) is 13.8 Å². The summed E-state index contributed by atoms with van der Waals surface area (Å²) in [6.07, 6.45) is 0. The summed E-state index contributed by atoms with van der Waals surface area (Å²) in [4.78, 5) is 29.1. The highest BCUT2D eigenvalue weighted by atomic mass is 16.2. The van der Waals surface area contributed by atoms with Gasteiger partial charge in [-0.25, -0.2) is 4.98 Å². The number of nitrogens with zero attached hydrogens (tertiary/aromatic N) is 3. The zero-order valence-electron chi connectivity index (χ0n) is 15.0. The maximum absolute atomic E-state index is 12.8. The second-order valence-electron chi connectivity index (χ2n) is 5.96. The molecule has 3 aromatic rings. The Labute approximate surface area is 151 Å². The van der Waals surface area contributed by atoms with Gasteiger partial charge in [-0.15, -0.1) is 0 Å². The fourth-order valence-corrected chi connectivity index (χ4v) is 2.90. The van der Waals surface area contributed by atoms with Gasteiger partial charge in [-0.2, -0.15) is 5.10 Å². The maximum Gasteiger partial charge on any atom is 0.252 e. The van der Waals surface area contributed by atoms with Crippen LogP contribution >= 0.6 is 0 Å². The highest BCUT2D eigenvalue weighted by molar-refractivity contribution is 6.08. The molecule has 0 aliphatic rings. The Hall–Kier alpha value is -3.22. The van der Waals surface area contributed by atoms with Crippen molar-refractivity contribution in [3.8, 4) is 11.3 Å². The predicted octanol–water partition coefficient (Wildman–Crippen LogP) is 1.81. The number of hydrogen-bond acceptors (Lipinski definition) is 4. The van der Waals surface area contributed by atoms with Crippen molar-refractivity contribution in [3.05, 3.63) is 47.7 Å². The Morgan fingerprint density at radius 3 is 2.58 bits per heavy atom. The first-order valence-electron chi connectivity index (χ1n) is 8.46. The van der Waals surface area contributed by atoms with Crippen molar-refractivity contribution in [3.63, 3.8) is 0 Å². The molecular weight excluding hydrogens is 330 g/mol. The van der Waals surface area contributed by atoms with Crippen molar-refractivity contribution in [2.24, 2.45) is 7.05 Å². The van der Waals surface area contributed by atoms with E-state index in [1.807, 2.05) is 44.2 Å². The first kappa shape index (κ1) is 17.6. The summed E-state index contributed by atoms with van der Waals surface area (Å²) in [5.74, 6) is -0.547. The van der Waals surface area contributed by atoms with E-state index in [0.29, 0.717) is 28.8 Å². The van der Waals surface area contributed by atoms with E-state index in [2.05, 4.69) is 20.7 Å². The molecular formula is C19H21N5O2. The lowest BCUT2D eigenvalue weighted by molar-refractivity contribution is -0.120. The van der Waals surface area contributed by atoms with Gasteiger partial charge in [0.05, 0.1) is 28.9 Å². The Morgan fingerprint density at radius 1 is 1.15 bits per heavy atom. The van der Waals surface area contributed by atoms with Crippen LogP contribution in [-0.2, 0) is 11.8 Å². The van der Waals surface area contributed by atoms with Crippen LogP contribution in [0.4, 0.5) is 0 Å². The van der Waals surface area contributed by atoms with Crippen LogP contribution in [-0.4, -0.2) is 39.7 Å². The third kappa shape index (κ3) is 3.42. The SMILES string of the molecule is CCNC(=O)CNC(=O)c1cc(-c2ccccc2)nc2c1c(C)nn2C. The third-order valence-corrected chi connectivity index (χ3v) is 4.07. The van der Waals surface area contributed by atoms with E-state index >= 15 is 0 Å². The second kappa shape index (κ2) is 7.35. The number of benzene rings is 1. The second-order valence-corrected chi connectivity index (χ2v) is 5.96. The van der Waals surface area contributed by atoms with Gasteiger partial charge < -0.3 is 10.6 Å². The van der Waals surface area contributed by atoms with Crippen LogP contribution in [0, 0.1) is 6.92 Å².